The summed E-state index contributed by atoms with van der Waals surface area (Å²) >= 11 is 0. The third-order valence-electron chi connectivity index (χ3n) is 6.35. The molecule has 0 fully saturated rings. The molecule has 0 radical (unpaired) electrons. The molecule has 0 atom stereocenters. The Morgan fingerprint density at radius 2 is 0.917 bits per heavy atom. The van der Waals surface area contributed by atoms with Crippen molar-refractivity contribution in [2.24, 2.45) is 0 Å². The molecule has 1 aliphatic rings. The van der Waals surface area contributed by atoms with Crippen molar-refractivity contribution in [2.45, 2.75) is 0 Å². The van der Waals surface area contributed by atoms with Crippen LogP contribution in [-0.2, 0) is 0 Å². The molecule has 5 aromatic carbocycles. The monoisotopic (exact) mass is 466 g/mol. The van der Waals surface area contributed by atoms with Crippen molar-refractivity contribution in [3.63, 3.8) is 0 Å². The molecule has 0 saturated carbocycles. The molecule has 1 aliphatic carbocycles. The number of hydrogen-bond acceptors (Lipinski definition) is 4. The van der Waals surface area contributed by atoms with Gasteiger partial charge in [-0.1, -0.05) is 54.6 Å². The topological polar surface area (TPSA) is 49.4 Å². The maximum absolute atomic E-state index is 13.6. The van der Waals surface area contributed by atoms with E-state index in [4.69, 9.17) is 0 Å². The average Bonchev–Trinajstić information content (AvgIpc) is 2.94. The van der Waals surface area contributed by atoms with Crippen LogP contribution in [0.2, 0.25) is 0 Å². The van der Waals surface area contributed by atoms with E-state index in [0.29, 0.717) is 22.3 Å². The minimum atomic E-state index is -0.145. The first-order chi connectivity index (χ1) is 17.7. The SMILES string of the molecule is O=C1c2ccc(N(c3ccccc3)c3ccccc3)cc2C(=O)c2ccc(Nc3ccccc3)cc21. The standard InChI is InChI=1S/C32H22N2O2/c35-31-28-19-17-26(34(24-12-6-2-7-13-24)25-14-8-3-9-15-25)21-30(28)32(36)27-18-16-23(20-29(27)31)33-22-10-4-1-5-11-22/h1-21,33H. The van der Waals surface area contributed by atoms with Gasteiger partial charge < -0.3 is 10.2 Å². The van der Waals surface area contributed by atoms with Crippen LogP contribution in [0, 0.1) is 0 Å². The second kappa shape index (κ2) is 9.01. The molecule has 172 valence electrons. The van der Waals surface area contributed by atoms with Crippen molar-refractivity contribution in [3.05, 3.63) is 150 Å². The number of fused-ring (bicyclic) bond motifs is 2. The van der Waals surface area contributed by atoms with Gasteiger partial charge in [0.05, 0.1) is 0 Å². The average molecular weight is 467 g/mol. The predicted molar refractivity (Wildman–Crippen MR) is 144 cm³/mol. The third kappa shape index (κ3) is 3.85. The Balaban J connectivity index is 1.40. The Kier molecular flexibility index (Phi) is 5.39. The Morgan fingerprint density at radius 3 is 1.50 bits per heavy atom. The van der Waals surface area contributed by atoms with Crippen LogP contribution < -0.4 is 10.2 Å². The summed E-state index contributed by atoms with van der Waals surface area (Å²) in [5.74, 6) is -0.289. The van der Waals surface area contributed by atoms with Gasteiger partial charge in [0.15, 0.2) is 11.6 Å². The molecule has 4 nitrogen and oxygen atoms in total. The summed E-state index contributed by atoms with van der Waals surface area (Å²) < 4.78 is 0. The van der Waals surface area contributed by atoms with Crippen LogP contribution in [0.15, 0.2) is 127 Å². The van der Waals surface area contributed by atoms with Crippen LogP contribution in [0.5, 0.6) is 0 Å². The molecular formula is C32H22N2O2. The fourth-order valence-corrected chi connectivity index (χ4v) is 4.64. The van der Waals surface area contributed by atoms with Gasteiger partial charge in [0.1, 0.15) is 0 Å². The molecule has 5 aromatic rings. The molecule has 0 amide bonds. The lowest BCUT2D eigenvalue weighted by Gasteiger charge is -2.27. The summed E-state index contributed by atoms with van der Waals surface area (Å²) in [4.78, 5) is 29.1. The van der Waals surface area contributed by atoms with Gasteiger partial charge in [0, 0.05) is 50.7 Å². The zero-order valence-electron chi connectivity index (χ0n) is 19.4. The van der Waals surface area contributed by atoms with Gasteiger partial charge in [-0.15, -0.1) is 0 Å². The lowest BCUT2D eigenvalue weighted by atomic mass is 9.83. The van der Waals surface area contributed by atoms with Gasteiger partial charge >= 0.3 is 0 Å². The number of nitrogens with zero attached hydrogens (tertiary/aromatic N) is 1. The number of rotatable bonds is 5. The second-order valence-electron chi connectivity index (χ2n) is 8.65. The first kappa shape index (κ1) is 21.6. The number of ketones is 2. The number of nitrogens with one attached hydrogen (secondary N) is 1. The van der Waals surface area contributed by atoms with E-state index < -0.39 is 0 Å². The van der Waals surface area contributed by atoms with Crippen molar-refractivity contribution in [3.8, 4) is 0 Å². The van der Waals surface area contributed by atoms with Crippen molar-refractivity contribution in [1.29, 1.82) is 0 Å². The van der Waals surface area contributed by atoms with Crippen LogP contribution in [0.4, 0.5) is 28.4 Å². The Bertz CT molecular complexity index is 1540. The quantitative estimate of drug-likeness (QED) is 0.283. The molecule has 4 heteroatoms. The smallest absolute Gasteiger partial charge is 0.194 e. The van der Waals surface area contributed by atoms with E-state index in [1.807, 2.05) is 109 Å². The van der Waals surface area contributed by atoms with Gasteiger partial charge in [0.2, 0.25) is 0 Å². The lowest BCUT2D eigenvalue weighted by Crippen LogP contribution is -2.22. The Labute approximate surface area is 209 Å². The molecule has 6 rings (SSSR count). The van der Waals surface area contributed by atoms with Crippen LogP contribution in [0.25, 0.3) is 0 Å². The second-order valence-corrected chi connectivity index (χ2v) is 8.65. The van der Waals surface area contributed by atoms with Crippen LogP contribution in [0.1, 0.15) is 31.8 Å². The zero-order valence-corrected chi connectivity index (χ0v) is 19.4. The van der Waals surface area contributed by atoms with Crippen LogP contribution >= 0.6 is 0 Å². The number of para-hydroxylation sites is 3. The van der Waals surface area contributed by atoms with Gasteiger partial charge in [-0.3, -0.25) is 9.59 Å². The van der Waals surface area contributed by atoms with E-state index in [1.54, 1.807) is 18.2 Å². The predicted octanol–water partition coefficient (Wildman–Crippen LogP) is 7.68. The van der Waals surface area contributed by atoms with Crippen molar-refractivity contribution < 1.29 is 9.59 Å². The summed E-state index contributed by atoms with van der Waals surface area (Å²) in [6.07, 6.45) is 0. The maximum atomic E-state index is 13.6. The third-order valence-corrected chi connectivity index (χ3v) is 6.35. The van der Waals surface area contributed by atoms with Crippen molar-refractivity contribution in [2.75, 3.05) is 10.2 Å². The number of benzene rings is 5. The van der Waals surface area contributed by atoms with E-state index in [9.17, 15) is 9.59 Å². The van der Waals surface area contributed by atoms with E-state index in [2.05, 4.69) is 10.2 Å². The van der Waals surface area contributed by atoms with Gasteiger partial charge in [0.25, 0.3) is 0 Å². The summed E-state index contributed by atoms with van der Waals surface area (Å²) in [7, 11) is 0. The molecule has 1 N–H and O–H groups in total. The molecule has 0 bridgehead atoms. The highest BCUT2D eigenvalue weighted by Crippen LogP contribution is 2.38. The summed E-state index contributed by atoms with van der Waals surface area (Å²) in [5, 5.41) is 3.30. The first-order valence-corrected chi connectivity index (χ1v) is 11.8. The molecule has 0 spiro atoms. The lowest BCUT2D eigenvalue weighted by molar-refractivity contribution is 0.0979. The van der Waals surface area contributed by atoms with E-state index >= 15 is 0 Å². The highest BCUT2D eigenvalue weighted by molar-refractivity contribution is 6.29. The van der Waals surface area contributed by atoms with E-state index in [-0.39, 0.29) is 11.6 Å². The van der Waals surface area contributed by atoms with E-state index in [0.717, 1.165) is 28.4 Å². The fourth-order valence-electron chi connectivity index (χ4n) is 4.64. The minimum Gasteiger partial charge on any atom is -0.356 e. The molecule has 36 heavy (non-hydrogen) atoms. The highest BCUT2D eigenvalue weighted by Gasteiger charge is 2.31. The fraction of sp³-hybridized carbons (Fsp3) is 0. The largest absolute Gasteiger partial charge is 0.356 e. The Hall–Kier alpha value is -4.96. The van der Waals surface area contributed by atoms with Gasteiger partial charge in [-0.25, -0.2) is 0 Å². The molecular weight excluding hydrogens is 444 g/mol. The van der Waals surface area contributed by atoms with Gasteiger partial charge in [-0.05, 0) is 72.8 Å². The number of carbonyl (C=O) groups is 2. The molecule has 0 unspecified atom stereocenters. The molecule has 0 saturated heterocycles. The first-order valence-electron chi connectivity index (χ1n) is 11.8. The van der Waals surface area contributed by atoms with Gasteiger partial charge in [-0.2, -0.15) is 0 Å². The molecule has 0 aromatic heterocycles. The number of carbonyl (C=O) groups excluding carboxylic acids is 2. The number of anilines is 5. The minimum absolute atomic E-state index is 0.145. The van der Waals surface area contributed by atoms with Crippen molar-refractivity contribution in [1.82, 2.24) is 0 Å². The maximum Gasteiger partial charge on any atom is 0.194 e. The van der Waals surface area contributed by atoms with Crippen LogP contribution in [-0.4, -0.2) is 11.6 Å². The Morgan fingerprint density at radius 1 is 0.417 bits per heavy atom. The zero-order chi connectivity index (χ0) is 24.5. The summed E-state index contributed by atoms with van der Waals surface area (Å²) in [5.41, 5.74) is 6.13. The van der Waals surface area contributed by atoms with E-state index in [1.165, 1.54) is 0 Å². The van der Waals surface area contributed by atoms with Crippen LogP contribution in [0.3, 0.4) is 0 Å². The molecule has 0 heterocycles. The molecule has 0 aliphatic heterocycles. The highest BCUT2D eigenvalue weighted by atomic mass is 16.1. The normalized spacial score (nSPS) is 12.0. The summed E-state index contributed by atoms with van der Waals surface area (Å²) in [6.45, 7) is 0. The summed E-state index contributed by atoms with van der Waals surface area (Å²) in [6, 6.07) is 40.5. The number of hydrogen-bond donors (Lipinski definition) is 1. The van der Waals surface area contributed by atoms with Crippen molar-refractivity contribution >= 4 is 40.0 Å².